The molecule has 0 spiro atoms. The van der Waals surface area contributed by atoms with Crippen LogP contribution in [-0.2, 0) is 4.79 Å². The molecule has 2 aromatic carbocycles. The van der Waals surface area contributed by atoms with Gasteiger partial charge in [-0.15, -0.1) is 11.8 Å². The van der Waals surface area contributed by atoms with Gasteiger partial charge in [-0.1, -0.05) is 30.3 Å². The van der Waals surface area contributed by atoms with Crippen LogP contribution in [0.5, 0.6) is 0 Å². The SMILES string of the molecule is Cc1ccccc1SCC(=O)N/N=C\c1ccc(F)cc1. The lowest BCUT2D eigenvalue weighted by molar-refractivity contribution is -0.118. The van der Waals surface area contributed by atoms with E-state index < -0.39 is 0 Å². The van der Waals surface area contributed by atoms with Gasteiger partial charge in [-0.05, 0) is 36.2 Å². The second kappa shape index (κ2) is 7.59. The van der Waals surface area contributed by atoms with Crippen molar-refractivity contribution in [2.24, 2.45) is 5.10 Å². The summed E-state index contributed by atoms with van der Waals surface area (Å²) >= 11 is 1.47. The van der Waals surface area contributed by atoms with Crippen molar-refractivity contribution in [3.05, 3.63) is 65.5 Å². The molecule has 21 heavy (non-hydrogen) atoms. The Kier molecular flexibility index (Phi) is 5.51. The molecule has 0 atom stereocenters. The van der Waals surface area contributed by atoms with Gasteiger partial charge >= 0.3 is 0 Å². The summed E-state index contributed by atoms with van der Waals surface area (Å²) in [6.45, 7) is 2.01. The molecule has 1 amide bonds. The summed E-state index contributed by atoms with van der Waals surface area (Å²) in [4.78, 5) is 12.7. The highest BCUT2D eigenvalue weighted by atomic mass is 32.2. The molecule has 1 N–H and O–H groups in total. The van der Waals surface area contributed by atoms with Crippen molar-refractivity contribution in [1.29, 1.82) is 0 Å². The normalized spacial score (nSPS) is 10.8. The molecule has 0 bridgehead atoms. The third kappa shape index (κ3) is 5.04. The van der Waals surface area contributed by atoms with Gasteiger partial charge in [0.25, 0.3) is 0 Å². The largest absolute Gasteiger partial charge is 0.272 e. The van der Waals surface area contributed by atoms with Gasteiger partial charge in [0, 0.05) is 4.90 Å². The Hall–Kier alpha value is -2.14. The molecule has 2 aromatic rings. The molecule has 2 rings (SSSR count). The van der Waals surface area contributed by atoms with Crippen LogP contribution in [0.3, 0.4) is 0 Å². The average molecular weight is 302 g/mol. The van der Waals surface area contributed by atoms with Gasteiger partial charge in [0.2, 0.25) is 5.91 Å². The number of hydrogen-bond acceptors (Lipinski definition) is 3. The number of hydrazone groups is 1. The molecule has 3 nitrogen and oxygen atoms in total. The first-order valence-electron chi connectivity index (χ1n) is 6.41. The standard InChI is InChI=1S/C16H15FN2OS/c1-12-4-2-3-5-15(12)21-11-16(20)19-18-10-13-6-8-14(17)9-7-13/h2-10H,11H2,1H3,(H,19,20)/b18-10-. The zero-order chi connectivity index (χ0) is 15.1. The number of nitrogens with zero attached hydrogens (tertiary/aromatic N) is 1. The summed E-state index contributed by atoms with van der Waals surface area (Å²) < 4.78 is 12.7. The van der Waals surface area contributed by atoms with Crippen molar-refractivity contribution in [1.82, 2.24) is 5.43 Å². The number of rotatable bonds is 5. The zero-order valence-corrected chi connectivity index (χ0v) is 12.4. The maximum absolute atomic E-state index is 12.7. The highest BCUT2D eigenvalue weighted by Gasteiger charge is 2.03. The maximum atomic E-state index is 12.7. The Morgan fingerprint density at radius 3 is 2.67 bits per heavy atom. The predicted molar refractivity (Wildman–Crippen MR) is 84.0 cm³/mol. The first kappa shape index (κ1) is 15.3. The van der Waals surface area contributed by atoms with E-state index in [2.05, 4.69) is 10.5 Å². The molecule has 0 aliphatic rings. The van der Waals surface area contributed by atoms with Gasteiger partial charge in [0.15, 0.2) is 0 Å². The summed E-state index contributed by atoms with van der Waals surface area (Å²) in [6, 6.07) is 13.8. The van der Waals surface area contributed by atoms with Crippen molar-refractivity contribution >= 4 is 23.9 Å². The van der Waals surface area contributed by atoms with Gasteiger partial charge in [-0.25, -0.2) is 9.82 Å². The Morgan fingerprint density at radius 1 is 1.24 bits per heavy atom. The van der Waals surface area contributed by atoms with Gasteiger partial charge in [-0.2, -0.15) is 5.10 Å². The van der Waals surface area contributed by atoms with Crippen LogP contribution in [0, 0.1) is 12.7 Å². The van der Waals surface area contributed by atoms with Crippen LogP contribution in [0.2, 0.25) is 0 Å². The van der Waals surface area contributed by atoms with E-state index in [1.54, 1.807) is 12.1 Å². The zero-order valence-electron chi connectivity index (χ0n) is 11.5. The Labute approximate surface area is 127 Å². The minimum absolute atomic E-state index is 0.179. The highest BCUT2D eigenvalue weighted by molar-refractivity contribution is 8.00. The minimum Gasteiger partial charge on any atom is -0.272 e. The predicted octanol–water partition coefficient (Wildman–Crippen LogP) is 3.38. The fourth-order valence-corrected chi connectivity index (χ4v) is 2.44. The average Bonchev–Trinajstić information content (AvgIpc) is 2.48. The van der Waals surface area contributed by atoms with E-state index in [9.17, 15) is 9.18 Å². The molecule has 0 aromatic heterocycles. The lowest BCUT2D eigenvalue weighted by Gasteiger charge is -2.03. The van der Waals surface area contributed by atoms with Crippen LogP contribution in [0.25, 0.3) is 0 Å². The number of carbonyl (C=O) groups excluding carboxylic acids is 1. The fraction of sp³-hybridized carbons (Fsp3) is 0.125. The van der Waals surface area contributed by atoms with E-state index in [0.29, 0.717) is 5.75 Å². The fourth-order valence-electron chi connectivity index (χ4n) is 1.62. The highest BCUT2D eigenvalue weighted by Crippen LogP contribution is 2.21. The lowest BCUT2D eigenvalue weighted by atomic mass is 10.2. The molecule has 0 saturated heterocycles. The first-order chi connectivity index (χ1) is 10.1. The van der Waals surface area contributed by atoms with E-state index in [1.165, 1.54) is 30.1 Å². The van der Waals surface area contributed by atoms with Crippen LogP contribution in [0.15, 0.2) is 58.5 Å². The number of halogens is 1. The Morgan fingerprint density at radius 2 is 1.95 bits per heavy atom. The molecular formula is C16H15FN2OS. The smallest absolute Gasteiger partial charge is 0.250 e. The molecule has 5 heteroatoms. The van der Waals surface area contributed by atoms with Crippen LogP contribution >= 0.6 is 11.8 Å². The number of carbonyl (C=O) groups is 1. The summed E-state index contributed by atoms with van der Waals surface area (Å²) in [6.07, 6.45) is 1.48. The van der Waals surface area contributed by atoms with Crippen molar-refractivity contribution < 1.29 is 9.18 Å². The van der Waals surface area contributed by atoms with Crippen LogP contribution in [-0.4, -0.2) is 17.9 Å². The van der Waals surface area contributed by atoms with E-state index in [-0.39, 0.29) is 11.7 Å². The van der Waals surface area contributed by atoms with Crippen molar-refractivity contribution in [2.75, 3.05) is 5.75 Å². The van der Waals surface area contributed by atoms with E-state index in [0.717, 1.165) is 16.0 Å². The van der Waals surface area contributed by atoms with Gasteiger partial charge < -0.3 is 0 Å². The second-order valence-electron chi connectivity index (χ2n) is 4.40. The van der Waals surface area contributed by atoms with Crippen LogP contribution in [0.1, 0.15) is 11.1 Å². The molecule has 0 heterocycles. The van der Waals surface area contributed by atoms with E-state index in [1.807, 2.05) is 31.2 Å². The molecule has 0 radical (unpaired) electrons. The van der Waals surface area contributed by atoms with Gasteiger partial charge in [-0.3, -0.25) is 4.79 Å². The summed E-state index contributed by atoms with van der Waals surface area (Å²) in [5, 5.41) is 3.85. The van der Waals surface area contributed by atoms with E-state index in [4.69, 9.17) is 0 Å². The third-order valence-electron chi connectivity index (χ3n) is 2.73. The minimum atomic E-state index is -0.300. The molecule has 0 fully saturated rings. The van der Waals surface area contributed by atoms with Crippen molar-refractivity contribution in [3.8, 4) is 0 Å². The number of benzene rings is 2. The van der Waals surface area contributed by atoms with Crippen LogP contribution < -0.4 is 5.43 Å². The molecule has 0 unspecified atom stereocenters. The molecule has 108 valence electrons. The summed E-state index contributed by atoms with van der Waals surface area (Å²) in [5.74, 6) is -0.182. The van der Waals surface area contributed by atoms with Crippen molar-refractivity contribution in [3.63, 3.8) is 0 Å². The van der Waals surface area contributed by atoms with Crippen LogP contribution in [0.4, 0.5) is 4.39 Å². The Bertz CT molecular complexity index is 641. The number of aryl methyl sites for hydroxylation is 1. The van der Waals surface area contributed by atoms with Crippen molar-refractivity contribution in [2.45, 2.75) is 11.8 Å². The summed E-state index contributed by atoms with van der Waals surface area (Å²) in [7, 11) is 0. The molecule has 0 aliphatic heterocycles. The number of amides is 1. The third-order valence-corrected chi connectivity index (χ3v) is 3.90. The molecule has 0 saturated carbocycles. The van der Waals surface area contributed by atoms with Gasteiger partial charge in [0.05, 0.1) is 12.0 Å². The topological polar surface area (TPSA) is 41.5 Å². The molecular weight excluding hydrogens is 287 g/mol. The maximum Gasteiger partial charge on any atom is 0.250 e. The number of hydrogen-bond donors (Lipinski definition) is 1. The quantitative estimate of drug-likeness (QED) is 0.522. The lowest BCUT2D eigenvalue weighted by Crippen LogP contribution is -2.19. The second-order valence-corrected chi connectivity index (χ2v) is 5.42. The first-order valence-corrected chi connectivity index (χ1v) is 7.39. The van der Waals surface area contributed by atoms with Gasteiger partial charge in [0.1, 0.15) is 5.82 Å². The number of nitrogens with one attached hydrogen (secondary N) is 1. The van der Waals surface area contributed by atoms with E-state index >= 15 is 0 Å². The monoisotopic (exact) mass is 302 g/mol. The Balaban J connectivity index is 1.80. The summed E-state index contributed by atoms with van der Waals surface area (Å²) in [5.41, 5.74) is 4.32. The molecule has 0 aliphatic carbocycles. The number of thioether (sulfide) groups is 1.